The molecule has 1 aliphatic rings. The van der Waals surface area contributed by atoms with Crippen molar-refractivity contribution in [1.82, 2.24) is 18.8 Å². The molecule has 1 aromatic heterocycles. The second-order valence-electron chi connectivity index (χ2n) is 7.15. The van der Waals surface area contributed by atoms with Crippen molar-refractivity contribution in [3.63, 3.8) is 0 Å². The highest BCUT2D eigenvalue weighted by Crippen LogP contribution is 2.23. The number of hydrogen-bond acceptors (Lipinski definition) is 6. The summed E-state index contributed by atoms with van der Waals surface area (Å²) in [6.45, 7) is 2.17. The molecule has 158 valence electrons. The van der Waals surface area contributed by atoms with Gasteiger partial charge < -0.3 is 4.57 Å². The lowest BCUT2D eigenvalue weighted by Crippen LogP contribution is -2.48. The maximum Gasteiger partial charge on any atom is 0.271 e. The Kier molecular flexibility index (Phi) is 5.26. The third-order valence-corrected chi connectivity index (χ3v) is 7.23. The molecule has 30 heavy (non-hydrogen) atoms. The minimum atomic E-state index is -3.66. The molecule has 0 N–H and O–H groups in total. The number of nitro benzene ring substituents is 1. The van der Waals surface area contributed by atoms with E-state index in [1.807, 2.05) is 11.6 Å². The van der Waals surface area contributed by atoms with Crippen LogP contribution >= 0.6 is 0 Å². The number of piperazine rings is 1. The van der Waals surface area contributed by atoms with Gasteiger partial charge in [0.05, 0.1) is 27.4 Å². The average molecular weight is 433 g/mol. The number of hydrogen-bond donors (Lipinski definition) is 0. The van der Waals surface area contributed by atoms with Crippen molar-refractivity contribution in [2.75, 3.05) is 26.2 Å². The first-order chi connectivity index (χ1) is 14.3. The van der Waals surface area contributed by atoms with Crippen LogP contribution in [0.25, 0.3) is 11.0 Å². The summed E-state index contributed by atoms with van der Waals surface area (Å²) < 4.78 is 41.8. The number of fused-ring (bicyclic) bond motifs is 1. The molecule has 0 bridgehead atoms. The Bertz CT molecular complexity index is 1200. The smallest absolute Gasteiger partial charge is 0.271 e. The van der Waals surface area contributed by atoms with Gasteiger partial charge in [-0.05, 0) is 30.3 Å². The van der Waals surface area contributed by atoms with Crippen LogP contribution in [0.4, 0.5) is 10.1 Å². The van der Waals surface area contributed by atoms with Gasteiger partial charge in [-0.2, -0.15) is 4.31 Å². The highest BCUT2D eigenvalue weighted by Gasteiger charge is 2.29. The fourth-order valence-corrected chi connectivity index (χ4v) is 5.00. The van der Waals surface area contributed by atoms with Crippen LogP contribution in [0.2, 0.25) is 0 Å². The lowest BCUT2D eigenvalue weighted by Gasteiger charge is -2.33. The Hall–Kier alpha value is -2.89. The largest absolute Gasteiger partial charge is 0.330 e. The van der Waals surface area contributed by atoms with Gasteiger partial charge in [-0.15, -0.1) is 0 Å². The molecule has 0 atom stereocenters. The molecule has 4 rings (SSSR count). The number of benzene rings is 2. The predicted octanol–water partition coefficient (Wildman–Crippen LogP) is 2.13. The summed E-state index contributed by atoms with van der Waals surface area (Å²) in [4.78, 5) is 17.2. The molecule has 1 aliphatic heterocycles. The number of rotatable bonds is 5. The lowest BCUT2D eigenvalue weighted by molar-refractivity contribution is -0.384. The summed E-state index contributed by atoms with van der Waals surface area (Å²) >= 11 is 0. The number of nitrogens with zero attached hydrogens (tertiary/aromatic N) is 5. The van der Waals surface area contributed by atoms with E-state index in [1.165, 1.54) is 28.6 Å². The molecule has 0 radical (unpaired) electrons. The van der Waals surface area contributed by atoms with Crippen molar-refractivity contribution in [2.45, 2.75) is 11.4 Å². The molecule has 0 unspecified atom stereocenters. The van der Waals surface area contributed by atoms with Crippen molar-refractivity contribution in [3.05, 3.63) is 64.2 Å². The standard InChI is InChI=1S/C19H20FN5O4S/c1-22-18-7-4-15(25(26)27)12-17(18)21-19(22)13-23-8-10-24(11-9-23)30(28,29)16-5-2-14(20)3-6-16/h2-7,12H,8-11,13H2,1H3. The van der Waals surface area contributed by atoms with Crippen molar-refractivity contribution in [3.8, 4) is 0 Å². The van der Waals surface area contributed by atoms with E-state index in [9.17, 15) is 22.9 Å². The Labute approximate surface area is 172 Å². The molecular weight excluding hydrogens is 413 g/mol. The van der Waals surface area contributed by atoms with Gasteiger partial charge in [0.2, 0.25) is 10.0 Å². The molecule has 0 saturated carbocycles. The normalized spacial score (nSPS) is 16.2. The van der Waals surface area contributed by atoms with Crippen molar-refractivity contribution < 1.29 is 17.7 Å². The van der Waals surface area contributed by atoms with Gasteiger partial charge in [-0.3, -0.25) is 15.0 Å². The maximum atomic E-state index is 13.1. The quantitative estimate of drug-likeness (QED) is 0.451. The molecule has 11 heteroatoms. The minimum Gasteiger partial charge on any atom is -0.330 e. The number of imidazole rings is 1. The number of sulfonamides is 1. The number of non-ortho nitro benzene ring substituents is 1. The fraction of sp³-hybridized carbons (Fsp3) is 0.316. The van der Waals surface area contributed by atoms with Gasteiger partial charge in [0.15, 0.2) is 0 Å². The van der Waals surface area contributed by atoms with Gasteiger partial charge >= 0.3 is 0 Å². The third kappa shape index (κ3) is 3.78. The van der Waals surface area contributed by atoms with Crippen LogP contribution in [0.5, 0.6) is 0 Å². The summed E-state index contributed by atoms with van der Waals surface area (Å²) in [5.41, 5.74) is 1.35. The molecule has 2 heterocycles. The second kappa shape index (κ2) is 7.74. The molecule has 9 nitrogen and oxygen atoms in total. The SMILES string of the molecule is Cn1c(CN2CCN(S(=O)(=O)c3ccc(F)cc3)CC2)nc2cc([N+](=O)[O-])ccc21. The van der Waals surface area contributed by atoms with E-state index in [4.69, 9.17) is 0 Å². The number of halogens is 1. The fourth-order valence-electron chi connectivity index (χ4n) is 3.58. The first kappa shape index (κ1) is 20.4. The van der Waals surface area contributed by atoms with E-state index in [0.717, 1.165) is 23.5 Å². The summed E-state index contributed by atoms with van der Waals surface area (Å²) in [5.74, 6) is 0.270. The average Bonchev–Trinajstić information content (AvgIpc) is 3.03. The van der Waals surface area contributed by atoms with Crippen molar-refractivity contribution in [1.29, 1.82) is 0 Å². The van der Waals surface area contributed by atoms with E-state index in [-0.39, 0.29) is 10.6 Å². The predicted molar refractivity (Wildman–Crippen MR) is 108 cm³/mol. The van der Waals surface area contributed by atoms with E-state index in [0.29, 0.717) is 38.2 Å². The molecule has 1 fully saturated rings. The monoisotopic (exact) mass is 433 g/mol. The van der Waals surface area contributed by atoms with Gasteiger partial charge in [0, 0.05) is 45.4 Å². The van der Waals surface area contributed by atoms with Crippen LogP contribution < -0.4 is 0 Å². The summed E-state index contributed by atoms with van der Waals surface area (Å²) in [5, 5.41) is 11.0. The second-order valence-corrected chi connectivity index (χ2v) is 9.09. The highest BCUT2D eigenvalue weighted by molar-refractivity contribution is 7.89. The van der Waals surface area contributed by atoms with Crippen LogP contribution in [0, 0.1) is 15.9 Å². The molecule has 3 aromatic rings. The van der Waals surface area contributed by atoms with Gasteiger partial charge in [-0.1, -0.05) is 0 Å². The third-order valence-electron chi connectivity index (χ3n) is 5.32. The molecular formula is C19H20FN5O4S. The lowest BCUT2D eigenvalue weighted by atomic mass is 10.3. The van der Waals surface area contributed by atoms with E-state index >= 15 is 0 Å². The van der Waals surface area contributed by atoms with E-state index in [2.05, 4.69) is 9.88 Å². The Morgan fingerprint density at radius 3 is 2.40 bits per heavy atom. The zero-order chi connectivity index (χ0) is 21.5. The zero-order valence-electron chi connectivity index (χ0n) is 16.2. The molecule has 0 aliphatic carbocycles. The Morgan fingerprint density at radius 2 is 1.77 bits per heavy atom. The first-order valence-electron chi connectivity index (χ1n) is 9.33. The topological polar surface area (TPSA) is 102 Å². The van der Waals surface area contributed by atoms with Crippen LogP contribution in [-0.2, 0) is 23.6 Å². The number of nitro groups is 1. The van der Waals surface area contributed by atoms with E-state index in [1.54, 1.807) is 6.07 Å². The summed E-state index contributed by atoms with van der Waals surface area (Å²) in [6, 6.07) is 9.40. The zero-order valence-corrected chi connectivity index (χ0v) is 17.0. The van der Waals surface area contributed by atoms with Crippen molar-refractivity contribution in [2.24, 2.45) is 7.05 Å². The van der Waals surface area contributed by atoms with Crippen molar-refractivity contribution >= 4 is 26.7 Å². The summed E-state index contributed by atoms with van der Waals surface area (Å²) in [7, 11) is -1.81. The molecule has 0 spiro atoms. The van der Waals surface area contributed by atoms with Crippen LogP contribution in [-0.4, -0.2) is 58.3 Å². The first-order valence-corrected chi connectivity index (χ1v) is 10.8. The summed E-state index contributed by atoms with van der Waals surface area (Å²) in [6.07, 6.45) is 0. The Morgan fingerprint density at radius 1 is 1.10 bits per heavy atom. The molecule has 1 saturated heterocycles. The number of aromatic nitrogens is 2. The van der Waals surface area contributed by atoms with Crippen LogP contribution in [0.1, 0.15) is 5.82 Å². The van der Waals surface area contributed by atoms with Gasteiger partial charge in [0.1, 0.15) is 11.6 Å². The highest BCUT2D eigenvalue weighted by atomic mass is 32.2. The van der Waals surface area contributed by atoms with Crippen LogP contribution in [0.3, 0.4) is 0 Å². The molecule has 2 aromatic carbocycles. The van der Waals surface area contributed by atoms with Crippen LogP contribution in [0.15, 0.2) is 47.4 Å². The van der Waals surface area contributed by atoms with Gasteiger partial charge in [0.25, 0.3) is 5.69 Å². The van der Waals surface area contributed by atoms with E-state index < -0.39 is 20.8 Å². The van der Waals surface area contributed by atoms with Gasteiger partial charge in [-0.25, -0.2) is 17.8 Å². The molecule has 0 amide bonds. The minimum absolute atomic E-state index is 0.00763. The Balaban J connectivity index is 1.45. The number of aryl methyl sites for hydroxylation is 1. The maximum absolute atomic E-state index is 13.1.